The van der Waals surface area contributed by atoms with E-state index < -0.39 is 0 Å². The maximum Gasteiger partial charge on any atom is 0.0724 e. The molecule has 0 saturated heterocycles. The molecule has 18 heavy (non-hydrogen) atoms. The van der Waals surface area contributed by atoms with Crippen molar-refractivity contribution in [2.75, 3.05) is 0 Å². The molecule has 0 aromatic carbocycles. The van der Waals surface area contributed by atoms with Crippen LogP contribution >= 0.6 is 0 Å². The van der Waals surface area contributed by atoms with E-state index in [1.165, 1.54) is 5.69 Å². The molecule has 2 aromatic heterocycles. The van der Waals surface area contributed by atoms with E-state index in [0.29, 0.717) is 0 Å². The van der Waals surface area contributed by atoms with E-state index in [9.17, 15) is 0 Å². The van der Waals surface area contributed by atoms with Gasteiger partial charge >= 0.3 is 0 Å². The van der Waals surface area contributed by atoms with Gasteiger partial charge in [-0.15, -0.1) is 0 Å². The Hall–Kier alpha value is -1.75. The van der Waals surface area contributed by atoms with Crippen LogP contribution in [-0.4, -0.2) is 19.7 Å². The molecule has 0 saturated carbocycles. The van der Waals surface area contributed by atoms with Crippen molar-refractivity contribution in [3.8, 4) is 0 Å². The zero-order valence-corrected chi connectivity index (χ0v) is 11.1. The number of aromatic nitrogens is 4. The van der Waals surface area contributed by atoms with Crippen LogP contribution < -0.4 is 5.32 Å². The summed E-state index contributed by atoms with van der Waals surface area (Å²) in [6.07, 6.45) is 4.57. The van der Waals surface area contributed by atoms with Gasteiger partial charge in [-0.05, 0) is 19.4 Å². The topological polar surface area (TPSA) is 55.6 Å². The summed E-state index contributed by atoms with van der Waals surface area (Å²) in [6.45, 7) is 5.56. The van der Waals surface area contributed by atoms with Gasteiger partial charge in [0.05, 0.1) is 22.8 Å². The molecule has 5 nitrogen and oxygen atoms in total. The molecule has 0 amide bonds. The van der Waals surface area contributed by atoms with Gasteiger partial charge < -0.3 is 5.32 Å². The molecular weight excluding hydrogens is 226 g/mol. The highest BCUT2D eigenvalue weighted by Gasteiger charge is 2.03. The highest BCUT2D eigenvalue weighted by Crippen LogP contribution is 2.03. The Labute approximate surface area is 107 Å². The predicted molar refractivity (Wildman–Crippen MR) is 69.9 cm³/mol. The van der Waals surface area contributed by atoms with Gasteiger partial charge in [0.25, 0.3) is 0 Å². The van der Waals surface area contributed by atoms with Crippen LogP contribution in [0.4, 0.5) is 0 Å². The van der Waals surface area contributed by atoms with Crippen LogP contribution in [-0.2, 0) is 26.6 Å². The van der Waals surface area contributed by atoms with Crippen molar-refractivity contribution in [2.45, 2.75) is 33.4 Å². The van der Waals surface area contributed by atoms with E-state index in [0.717, 1.165) is 36.6 Å². The van der Waals surface area contributed by atoms with Crippen molar-refractivity contribution >= 4 is 0 Å². The van der Waals surface area contributed by atoms with Crippen molar-refractivity contribution in [3.63, 3.8) is 0 Å². The highest BCUT2D eigenvalue weighted by atomic mass is 15.3. The van der Waals surface area contributed by atoms with E-state index in [1.807, 2.05) is 24.9 Å². The fourth-order valence-electron chi connectivity index (χ4n) is 1.74. The molecule has 0 aliphatic heterocycles. The Morgan fingerprint density at radius 3 is 2.61 bits per heavy atom. The molecular formula is C13H19N5. The number of rotatable bonds is 5. The first kappa shape index (κ1) is 12.7. The summed E-state index contributed by atoms with van der Waals surface area (Å²) in [5.74, 6) is 0. The molecule has 1 N–H and O–H groups in total. The Kier molecular flexibility index (Phi) is 4.04. The first-order valence-corrected chi connectivity index (χ1v) is 6.19. The molecule has 2 aromatic rings. The van der Waals surface area contributed by atoms with Crippen LogP contribution in [0.25, 0.3) is 0 Å². The number of hydrogen-bond acceptors (Lipinski definition) is 4. The third-order valence-corrected chi connectivity index (χ3v) is 2.84. The second-order valence-electron chi connectivity index (χ2n) is 4.36. The van der Waals surface area contributed by atoms with E-state index >= 15 is 0 Å². The minimum absolute atomic E-state index is 0.722. The molecule has 0 radical (unpaired) electrons. The maximum absolute atomic E-state index is 4.42. The SMILES string of the molecule is CCc1cc(CNCc2cnc(C)cn2)n(C)n1. The molecule has 0 spiro atoms. The Balaban J connectivity index is 1.88. The van der Waals surface area contributed by atoms with Gasteiger partial charge in [-0.1, -0.05) is 6.92 Å². The predicted octanol–water partition coefficient (Wildman–Crippen LogP) is 1.37. The van der Waals surface area contributed by atoms with E-state index in [1.54, 1.807) is 6.20 Å². The summed E-state index contributed by atoms with van der Waals surface area (Å²) in [6, 6.07) is 2.13. The van der Waals surface area contributed by atoms with Crippen LogP contribution in [0.3, 0.4) is 0 Å². The lowest BCUT2D eigenvalue weighted by Gasteiger charge is -2.04. The average molecular weight is 245 g/mol. The summed E-state index contributed by atoms with van der Waals surface area (Å²) in [7, 11) is 1.97. The molecule has 0 bridgehead atoms. The van der Waals surface area contributed by atoms with Crippen LogP contribution in [0.2, 0.25) is 0 Å². The number of nitrogens with zero attached hydrogens (tertiary/aromatic N) is 4. The van der Waals surface area contributed by atoms with E-state index in [-0.39, 0.29) is 0 Å². The van der Waals surface area contributed by atoms with Crippen molar-refractivity contribution in [1.82, 2.24) is 25.1 Å². The quantitative estimate of drug-likeness (QED) is 0.864. The van der Waals surface area contributed by atoms with Crippen LogP contribution in [0, 0.1) is 6.92 Å². The highest BCUT2D eigenvalue weighted by molar-refractivity contribution is 5.10. The standard InChI is InChI=1S/C13H19N5/c1-4-11-5-13(18(3)17-11)9-14-7-12-8-15-10(2)6-16-12/h5-6,8,14H,4,7,9H2,1-3H3. The maximum atomic E-state index is 4.42. The summed E-state index contributed by atoms with van der Waals surface area (Å²) >= 11 is 0. The number of hydrogen-bond donors (Lipinski definition) is 1. The Morgan fingerprint density at radius 1 is 1.17 bits per heavy atom. The van der Waals surface area contributed by atoms with Crippen molar-refractivity contribution in [3.05, 3.63) is 41.2 Å². The van der Waals surface area contributed by atoms with Gasteiger partial charge in [0.15, 0.2) is 0 Å². The van der Waals surface area contributed by atoms with Gasteiger partial charge in [0.1, 0.15) is 0 Å². The van der Waals surface area contributed by atoms with Gasteiger partial charge in [-0.25, -0.2) is 0 Å². The third-order valence-electron chi connectivity index (χ3n) is 2.84. The van der Waals surface area contributed by atoms with E-state index in [4.69, 9.17) is 0 Å². The van der Waals surface area contributed by atoms with Gasteiger partial charge in [0.2, 0.25) is 0 Å². The molecule has 5 heteroatoms. The fourth-order valence-corrected chi connectivity index (χ4v) is 1.74. The molecule has 0 aliphatic rings. The number of aryl methyl sites for hydroxylation is 3. The van der Waals surface area contributed by atoms with Gasteiger partial charge in [-0.2, -0.15) is 5.10 Å². The van der Waals surface area contributed by atoms with Crippen LogP contribution in [0.5, 0.6) is 0 Å². The van der Waals surface area contributed by atoms with E-state index in [2.05, 4.69) is 33.4 Å². The largest absolute Gasteiger partial charge is 0.305 e. The van der Waals surface area contributed by atoms with Gasteiger partial charge in [-0.3, -0.25) is 14.6 Å². The summed E-state index contributed by atoms with van der Waals surface area (Å²) in [4.78, 5) is 8.53. The average Bonchev–Trinajstić information content (AvgIpc) is 2.73. The van der Waals surface area contributed by atoms with Crippen molar-refractivity contribution < 1.29 is 0 Å². The minimum atomic E-state index is 0.722. The zero-order chi connectivity index (χ0) is 13.0. The third kappa shape index (κ3) is 3.13. The normalized spacial score (nSPS) is 10.8. The fraction of sp³-hybridized carbons (Fsp3) is 0.462. The monoisotopic (exact) mass is 245 g/mol. The molecule has 2 heterocycles. The minimum Gasteiger partial charge on any atom is -0.305 e. The van der Waals surface area contributed by atoms with Crippen LogP contribution in [0.1, 0.15) is 29.7 Å². The molecule has 96 valence electrons. The number of nitrogens with one attached hydrogen (secondary N) is 1. The molecule has 0 fully saturated rings. The molecule has 0 atom stereocenters. The van der Waals surface area contributed by atoms with Gasteiger partial charge in [0, 0.05) is 32.5 Å². The second kappa shape index (κ2) is 5.73. The Morgan fingerprint density at radius 2 is 2.00 bits per heavy atom. The van der Waals surface area contributed by atoms with Crippen molar-refractivity contribution in [2.24, 2.45) is 7.05 Å². The molecule has 2 rings (SSSR count). The first-order chi connectivity index (χ1) is 8.69. The van der Waals surface area contributed by atoms with Crippen LogP contribution in [0.15, 0.2) is 18.5 Å². The lowest BCUT2D eigenvalue weighted by molar-refractivity contribution is 0.616. The molecule has 0 aliphatic carbocycles. The summed E-state index contributed by atoms with van der Waals surface area (Å²) < 4.78 is 1.92. The summed E-state index contributed by atoms with van der Waals surface area (Å²) in [5, 5.41) is 7.77. The smallest absolute Gasteiger partial charge is 0.0724 e. The lowest BCUT2D eigenvalue weighted by atomic mass is 10.3. The zero-order valence-electron chi connectivity index (χ0n) is 11.1. The first-order valence-electron chi connectivity index (χ1n) is 6.19. The second-order valence-corrected chi connectivity index (χ2v) is 4.36. The summed E-state index contributed by atoms with van der Waals surface area (Å²) in [5.41, 5.74) is 4.22. The lowest BCUT2D eigenvalue weighted by Crippen LogP contribution is -2.16. The molecule has 0 unspecified atom stereocenters. The Bertz CT molecular complexity index is 501. The van der Waals surface area contributed by atoms with Crippen molar-refractivity contribution in [1.29, 1.82) is 0 Å².